The summed E-state index contributed by atoms with van der Waals surface area (Å²) >= 11 is 1.63. The van der Waals surface area contributed by atoms with Gasteiger partial charge in [0.25, 0.3) is 0 Å². The SMILES string of the molecule is CCc1ccc(C(Nc2ccccc2C)C(N)=O)s1. The second kappa shape index (κ2) is 5.89. The quantitative estimate of drug-likeness (QED) is 0.879. The topological polar surface area (TPSA) is 55.1 Å². The maximum Gasteiger partial charge on any atom is 0.245 e. The van der Waals surface area contributed by atoms with Gasteiger partial charge in [-0.05, 0) is 37.1 Å². The van der Waals surface area contributed by atoms with Crippen LogP contribution in [0.2, 0.25) is 0 Å². The molecule has 1 atom stereocenters. The fourth-order valence-corrected chi connectivity index (χ4v) is 2.92. The predicted molar refractivity (Wildman–Crippen MR) is 80.4 cm³/mol. The number of carbonyl (C=O) groups excluding carboxylic acids is 1. The molecule has 19 heavy (non-hydrogen) atoms. The zero-order valence-corrected chi connectivity index (χ0v) is 12.0. The number of hydrogen-bond donors (Lipinski definition) is 2. The van der Waals surface area contributed by atoms with E-state index in [0.29, 0.717) is 0 Å². The van der Waals surface area contributed by atoms with Crippen LogP contribution in [0.5, 0.6) is 0 Å². The second-order valence-corrected chi connectivity index (χ2v) is 5.65. The van der Waals surface area contributed by atoms with Gasteiger partial charge in [-0.3, -0.25) is 4.79 Å². The fourth-order valence-electron chi connectivity index (χ4n) is 1.91. The van der Waals surface area contributed by atoms with Crippen molar-refractivity contribution in [3.8, 4) is 0 Å². The Kier molecular flexibility index (Phi) is 4.22. The number of rotatable bonds is 5. The molecule has 0 aliphatic heterocycles. The summed E-state index contributed by atoms with van der Waals surface area (Å²) in [5, 5.41) is 3.24. The number of aryl methyl sites for hydroxylation is 2. The number of benzene rings is 1. The first-order valence-corrected chi connectivity index (χ1v) is 7.13. The molecule has 1 amide bonds. The van der Waals surface area contributed by atoms with Gasteiger partial charge in [-0.2, -0.15) is 0 Å². The summed E-state index contributed by atoms with van der Waals surface area (Å²) in [5.74, 6) is -0.354. The van der Waals surface area contributed by atoms with Crippen LogP contribution < -0.4 is 11.1 Å². The minimum atomic E-state index is -0.466. The van der Waals surface area contributed by atoms with Crippen LogP contribution in [0.15, 0.2) is 36.4 Å². The number of nitrogens with one attached hydrogen (secondary N) is 1. The summed E-state index contributed by atoms with van der Waals surface area (Å²) < 4.78 is 0. The lowest BCUT2D eigenvalue weighted by molar-refractivity contribution is -0.118. The summed E-state index contributed by atoms with van der Waals surface area (Å²) in [6.45, 7) is 4.11. The van der Waals surface area contributed by atoms with Crippen molar-refractivity contribution >= 4 is 22.9 Å². The molecular formula is C15H18N2OS. The predicted octanol–water partition coefficient (Wildman–Crippen LogP) is 3.26. The van der Waals surface area contributed by atoms with E-state index in [2.05, 4.69) is 18.3 Å². The van der Waals surface area contributed by atoms with Gasteiger partial charge in [0.05, 0.1) is 0 Å². The Labute approximate surface area is 117 Å². The Morgan fingerprint density at radius 3 is 2.63 bits per heavy atom. The van der Waals surface area contributed by atoms with Gasteiger partial charge in [-0.1, -0.05) is 25.1 Å². The number of para-hydroxylation sites is 1. The lowest BCUT2D eigenvalue weighted by atomic mass is 10.1. The summed E-state index contributed by atoms with van der Waals surface area (Å²) in [5.41, 5.74) is 7.56. The molecule has 100 valence electrons. The highest BCUT2D eigenvalue weighted by Gasteiger charge is 2.20. The van der Waals surface area contributed by atoms with Crippen LogP contribution in [0, 0.1) is 6.92 Å². The van der Waals surface area contributed by atoms with Crippen LogP contribution in [0.4, 0.5) is 5.69 Å². The van der Waals surface area contributed by atoms with Crippen molar-refractivity contribution < 1.29 is 4.79 Å². The largest absolute Gasteiger partial charge is 0.369 e. The molecule has 0 bridgehead atoms. The molecule has 1 aromatic heterocycles. The number of anilines is 1. The average Bonchev–Trinajstić information content (AvgIpc) is 2.86. The lowest BCUT2D eigenvalue weighted by Crippen LogP contribution is -2.27. The van der Waals surface area contributed by atoms with Gasteiger partial charge in [-0.25, -0.2) is 0 Å². The van der Waals surface area contributed by atoms with Gasteiger partial charge < -0.3 is 11.1 Å². The third kappa shape index (κ3) is 3.15. The molecule has 2 aromatic rings. The van der Waals surface area contributed by atoms with Crippen molar-refractivity contribution in [2.45, 2.75) is 26.3 Å². The molecule has 0 radical (unpaired) electrons. The van der Waals surface area contributed by atoms with E-state index in [0.717, 1.165) is 22.5 Å². The fraction of sp³-hybridized carbons (Fsp3) is 0.267. The highest BCUT2D eigenvalue weighted by atomic mass is 32.1. The minimum absolute atomic E-state index is 0.354. The Balaban J connectivity index is 2.26. The molecule has 0 saturated heterocycles. The molecule has 1 aromatic carbocycles. The van der Waals surface area contributed by atoms with Crippen molar-refractivity contribution in [2.24, 2.45) is 5.73 Å². The Hall–Kier alpha value is -1.81. The molecule has 3 nitrogen and oxygen atoms in total. The van der Waals surface area contributed by atoms with Crippen molar-refractivity contribution in [1.82, 2.24) is 0 Å². The summed E-state index contributed by atoms with van der Waals surface area (Å²) in [7, 11) is 0. The molecule has 0 aliphatic carbocycles. The minimum Gasteiger partial charge on any atom is -0.369 e. The smallest absolute Gasteiger partial charge is 0.245 e. The molecular weight excluding hydrogens is 256 g/mol. The average molecular weight is 274 g/mol. The maximum absolute atomic E-state index is 11.7. The van der Waals surface area contributed by atoms with Gasteiger partial charge in [0.1, 0.15) is 6.04 Å². The standard InChI is InChI=1S/C15H18N2OS/c1-3-11-8-9-13(19-11)14(15(16)18)17-12-7-5-4-6-10(12)2/h4-9,14,17H,3H2,1-2H3,(H2,16,18). The maximum atomic E-state index is 11.7. The van der Waals surface area contributed by atoms with Crippen LogP contribution in [-0.2, 0) is 11.2 Å². The molecule has 1 heterocycles. The number of carbonyl (C=O) groups is 1. The van der Waals surface area contributed by atoms with E-state index < -0.39 is 6.04 Å². The molecule has 2 rings (SSSR count). The van der Waals surface area contributed by atoms with E-state index in [9.17, 15) is 4.79 Å². The summed E-state index contributed by atoms with van der Waals surface area (Å²) in [6, 6.07) is 11.4. The monoisotopic (exact) mass is 274 g/mol. The van der Waals surface area contributed by atoms with E-state index in [1.54, 1.807) is 11.3 Å². The number of nitrogens with two attached hydrogens (primary N) is 1. The number of thiophene rings is 1. The second-order valence-electron chi connectivity index (χ2n) is 4.45. The first-order valence-electron chi connectivity index (χ1n) is 6.32. The number of hydrogen-bond acceptors (Lipinski definition) is 3. The summed E-state index contributed by atoms with van der Waals surface area (Å²) in [4.78, 5) is 13.9. The van der Waals surface area contributed by atoms with Crippen LogP contribution in [0.3, 0.4) is 0 Å². The van der Waals surface area contributed by atoms with E-state index in [1.165, 1.54) is 4.88 Å². The molecule has 0 saturated carbocycles. The lowest BCUT2D eigenvalue weighted by Gasteiger charge is -2.17. The van der Waals surface area contributed by atoms with Gasteiger partial charge in [0.2, 0.25) is 5.91 Å². The molecule has 0 aliphatic rings. The molecule has 0 spiro atoms. The van der Waals surface area contributed by atoms with E-state index in [4.69, 9.17) is 5.73 Å². The van der Waals surface area contributed by atoms with Crippen molar-refractivity contribution in [2.75, 3.05) is 5.32 Å². The number of primary amides is 1. The number of amides is 1. The zero-order valence-electron chi connectivity index (χ0n) is 11.1. The van der Waals surface area contributed by atoms with Gasteiger partial charge in [0, 0.05) is 15.4 Å². The first kappa shape index (κ1) is 13.6. The van der Waals surface area contributed by atoms with E-state index in [1.807, 2.05) is 37.3 Å². The molecule has 1 unspecified atom stereocenters. The molecule has 3 N–H and O–H groups in total. The van der Waals surface area contributed by atoms with Crippen molar-refractivity contribution in [1.29, 1.82) is 0 Å². The Bertz CT molecular complexity index is 577. The van der Waals surface area contributed by atoms with Crippen LogP contribution in [-0.4, -0.2) is 5.91 Å². The highest BCUT2D eigenvalue weighted by Crippen LogP contribution is 2.27. The van der Waals surface area contributed by atoms with Gasteiger partial charge in [0.15, 0.2) is 0 Å². The third-order valence-electron chi connectivity index (χ3n) is 3.04. The summed E-state index contributed by atoms with van der Waals surface area (Å²) in [6.07, 6.45) is 0.973. The van der Waals surface area contributed by atoms with Gasteiger partial charge >= 0.3 is 0 Å². The Morgan fingerprint density at radius 1 is 1.32 bits per heavy atom. The van der Waals surface area contributed by atoms with Crippen LogP contribution >= 0.6 is 11.3 Å². The van der Waals surface area contributed by atoms with E-state index >= 15 is 0 Å². The first-order chi connectivity index (χ1) is 9.11. The van der Waals surface area contributed by atoms with Crippen molar-refractivity contribution in [3.05, 3.63) is 51.7 Å². The van der Waals surface area contributed by atoms with Crippen LogP contribution in [0.1, 0.15) is 28.3 Å². The molecule has 0 fully saturated rings. The van der Waals surface area contributed by atoms with E-state index in [-0.39, 0.29) is 5.91 Å². The van der Waals surface area contributed by atoms with Crippen LogP contribution in [0.25, 0.3) is 0 Å². The third-order valence-corrected chi connectivity index (χ3v) is 4.34. The Morgan fingerprint density at radius 2 is 2.05 bits per heavy atom. The normalized spacial score (nSPS) is 12.1. The zero-order chi connectivity index (χ0) is 13.8. The van der Waals surface area contributed by atoms with Gasteiger partial charge in [-0.15, -0.1) is 11.3 Å². The highest BCUT2D eigenvalue weighted by molar-refractivity contribution is 7.12. The van der Waals surface area contributed by atoms with Crippen molar-refractivity contribution in [3.63, 3.8) is 0 Å². The molecule has 4 heteroatoms.